The Labute approximate surface area is 70.1 Å². The Hall–Kier alpha value is -0.0500. The summed E-state index contributed by atoms with van der Waals surface area (Å²) in [4.78, 5) is 10.9. The lowest BCUT2D eigenvalue weighted by Crippen LogP contribution is -2.19. The van der Waals surface area contributed by atoms with E-state index in [9.17, 15) is 4.79 Å². The van der Waals surface area contributed by atoms with Gasteiger partial charge in [0.15, 0.2) is 0 Å². The predicted octanol–water partition coefficient (Wildman–Crippen LogP) is 1.97. The fourth-order valence-electron chi connectivity index (χ4n) is 0.411. The second-order valence-corrected chi connectivity index (χ2v) is 3.19. The summed E-state index contributed by atoms with van der Waals surface area (Å²) in [6.45, 7) is 5.52. The van der Waals surface area contributed by atoms with E-state index in [1.165, 1.54) is 0 Å². The highest BCUT2D eigenvalue weighted by Crippen LogP contribution is 2.04. The molecule has 3 heteroatoms. The van der Waals surface area contributed by atoms with Crippen molar-refractivity contribution in [3.05, 3.63) is 0 Å². The van der Waals surface area contributed by atoms with Crippen molar-refractivity contribution in [1.29, 1.82) is 0 Å². The number of hydrogen-bond acceptors (Lipinski definition) is 2. The van der Waals surface area contributed by atoms with Crippen molar-refractivity contribution in [2.24, 2.45) is 5.92 Å². The van der Waals surface area contributed by atoms with Crippen LogP contribution in [-0.2, 0) is 9.53 Å². The maximum absolute atomic E-state index is 10.9. The molecule has 0 fully saturated rings. The fraction of sp³-hybridized carbons (Fsp3) is 0.857. The Kier molecular flexibility index (Phi) is 4.69. The highest BCUT2D eigenvalue weighted by molar-refractivity contribution is 9.09. The average Bonchev–Trinajstić information content (AvgIpc) is 1.85. The Morgan fingerprint density at radius 2 is 2.00 bits per heavy atom. The minimum atomic E-state index is -0.133. The van der Waals surface area contributed by atoms with Gasteiger partial charge in [-0.2, -0.15) is 0 Å². The first-order valence-corrected chi connectivity index (χ1v) is 4.46. The first kappa shape index (κ1) is 9.95. The van der Waals surface area contributed by atoms with Crippen LogP contribution in [0.4, 0.5) is 0 Å². The molecule has 0 aliphatic heterocycles. The number of rotatable bonds is 3. The molecule has 2 nitrogen and oxygen atoms in total. The Balaban J connectivity index is 3.62. The minimum Gasteiger partial charge on any atom is -0.463 e. The SMILES string of the molecule is CC(C)OC(=O)C(C)CBr. The van der Waals surface area contributed by atoms with Crippen molar-refractivity contribution in [2.45, 2.75) is 26.9 Å². The van der Waals surface area contributed by atoms with E-state index < -0.39 is 0 Å². The normalized spacial score (nSPS) is 13.3. The van der Waals surface area contributed by atoms with Gasteiger partial charge in [-0.25, -0.2) is 0 Å². The van der Waals surface area contributed by atoms with Crippen LogP contribution in [0.1, 0.15) is 20.8 Å². The molecule has 0 aliphatic rings. The summed E-state index contributed by atoms with van der Waals surface area (Å²) < 4.78 is 4.93. The van der Waals surface area contributed by atoms with E-state index in [1.54, 1.807) is 0 Å². The number of carbonyl (C=O) groups excluding carboxylic acids is 1. The quantitative estimate of drug-likeness (QED) is 0.524. The highest BCUT2D eigenvalue weighted by Gasteiger charge is 2.13. The number of esters is 1. The maximum atomic E-state index is 10.9. The van der Waals surface area contributed by atoms with Crippen molar-refractivity contribution in [3.8, 4) is 0 Å². The van der Waals surface area contributed by atoms with Gasteiger partial charge in [0.05, 0.1) is 12.0 Å². The molecule has 0 aromatic rings. The molecule has 0 spiro atoms. The zero-order valence-corrected chi connectivity index (χ0v) is 8.14. The van der Waals surface area contributed by atoms with Crippen molar-refractivity contribution < 1.29 is 9.53 Å². The minimum absolute atomic E-state index is 0.00556. The van der Waals surface area contributed by atoms with Crippen LogP contribution in [0.3, 0.4) is 0 Å². The molecule has 0 amide bonds. The maximum Gasteiger partial charge on any atom is 0.309 e. The van der Waals surface area contributed by atoms with Crippen molar-refractivity contribution in [2.75, 3.05) is 5.33 Å². The lowest BCUT2D eigenvalue weighted by molar-refractivity contribution is -0.150. The summed E-state index contributed by atoms with van der Waals surface area (Å²) in [5.41, 5.74) is 0. The number of alkyl halides is 1. The van der Waals surface area contributed by atoms with Gasteiger partial charge >= 0.3 is 5.97 Å². The molecule has 0 saturated heterocycles. The van der Waals surface area contributed by atoms with Gasteiger partial charge in [-0.1, -0.05) is 22.9 Å². The molecular weight excluding hydrogens is 196 g/mol. The zero-order valence-electron chi connectivity index (χ0n) is 6.56. The van der Waals surface area contributed by atoms with Crippen molar-refractivity contribution in [1.82, 2.24) is 0 Å². The third-order valence-electron chi connectivity index (χ3n) is 0.986. The van der Waals surface area contributed by atoms with Gasteiger partial charge in [0, 0.05) is 5.33 Å². The Morgan fingerprint density at radius 1 is 1.50 bits per heavy atom. The average molecular weight is 209 g/mol. The first-order valence-electron chi connectivity index (χ1n) is 3.34. The number of ether oxygens (including phenoxy) is 1. The molecule has 0 rings (SSSR count). The first-order chi connectivity index (χ1) is 4.57. The smallest absolute Gasteiger partial charge is 0.309 e. The molecule has 0 bridgehead atoms. The number of carbonyl (C=O) groups is 1. The Morgan fingerprint density at radius 3 is 2.30 bits per heavy atom. The summed E-state index contributed by atoms with van der Waals surface area (Å²) in [5.74, 6) is -0.172. The molecule has 0 heterocycles. The topological polar surface area (TPSA) is 26.3 Å². The fourth-order valence-corrected chi connectivity index (χ4v) is 0.676. The van der Waals surface area contributed by atoms with Crippen molar-refractivity contribution >= 4 is 21.9 Å². The van der Waals surface area contributed by atoms with Crippen LogP contribution in [-0.4, -0.2) is 17.4 Å². The van der Waals surface area contributed by atoms with Gasteiger partial charge in [-0.3, -0.25) is 4.79 Å². The van der Waals surface area contributed by atoms with Crippen LogP contribution >= 0.6 is 15.9 Å². The molecule has 0 aliphatic carbocycles. The van der Waals surface area contributed by atoms with Crippen molar-refractivity contribution in [3.63, 3.8) is 0 Å². The van der Waals surface area contributed by atoms with E-state index in [2.05, 4.69) is 15.9 Å². The molecule has 0 aromatic heterocycles. The standard InChI is InChI=1S/C7H13BrO2/c1-5(2)10-7(9)6(3)4-8/h5-6H,4H2,1-3H3. The van der Waals surface area contributed by atoms with E-state index >= 15 is 0 Å². The van der Waals surface area contributed by atoms with E-state index in [-0.39, 0.29) is 18.0 Å². The van der Waals surface area contributed by atoms with Gasteiger partial charge in [0.1, 0.15) is 0 Å². The summed E-state index contributed by atoms with van der Waals surface area (Å²) in [7, 11) is 0. The molecule has 0 saturated carbocycles. The molecule has 60 valence electrons. The summed E-state index contributed by atoms with van der Waals surface area (Å²) >= 11 is 3.20. The summed E-state index contributed by atoms with van der Waals surface area (Å²) in [5, 5.41) is 0.665. The van der Waals surface area contributed by atoms with Crippen LogP contribution in [0.25, 0.3) is 0 Å². The van der Waals surface area contributed by atoms with Gasteiger partial charge in [-0.15, -0.1) is 0 Å². The van der Waals surface area contributed by atoms with E-state index in [1.807, 2.05) is 20.8 Å². The predicted molar refractivity (Wildman–Crippen MR) is 44.2 cm³/mol. The van der Waals surface area contributed by atoms with Gasteiger partial charge < -0.3 is 4.74 Å². The third-order valence-corrected chi connectivity index (χ3v) is 1.96. The number of halogens is 1. The second kappa shape index (κ2) is 4.72. The van der Waals surface area contributed by atoms with Gasteiger partial charge in [-0.05, 0) is 13.8 Å². The summed E-state index contributed by atoms with van der Waals surface area (Å²) in [6, 6.07) is 0. The van der Waals surface area contributed by atoms with Crippen LogP contribution < -0.4 is 0 Å². The molecule has 0 N–H and O–H groups in total. The molecule has 1 unspecified atom stereocenters. The van der Waals surface area contributed by atoms with Gasteiger partial charge in [0.2, 0.25) is 0 Å². The van der Waals surface area contributed by atoms with Gasteiger partial charge in [0.25, 0.3) is 0 Å². The van der Waals surface area contributed by atoms with E-state index in [0.29, 0.717) is 5.33 Å². The largest absolute Gasteiger partial charge is 0.463 e. The van der Waals surface area contributed by atoms with Crippen LogP contribution in [0, 0.1) is 5.92 Å². The van der Waals surface area contributed by atoms with Crippen LogP contribution in [0.5, 0.6) is 0 Å². The monoisotopic (exact) mass is 208 g/mol. The highest BCUT2D eigenvalue weighted by atomic mass is 79.9. The lowest BCUT2D eigenvalue weighted by Gasteiger charge is -2.10. The third kappa shape index (κ3) is 3.88. The molecule has 10 heavy (non-hydrogen) atoms. The molecular formula is C7H13BrO2. The number of hydrogen-bond donors (Lipinski definition) is 0. The van der Waals surface area contributed by atoms with Crippen LogP contribution in [0.15, 0.2) is 0 Å². The second-order valence-electron chi connectivity index (χ2n) is 2.54. The molecule has 0 radical (unpaired) electrons. The molecule has 0 aromatic carbocycles. The Bertz CT molecular complexity index is 112. The molecule has 1 atom stereocenters. The van der Waals surface area contributed by atoms with E-state index in [4.69, 9.17) is 4.74 Å². The van der Waals surface area contributed by atoms with E-state index in [0.717, 1.165) is 0 Å². The van der Waals surface area contributed by atoms with Crippen LogP contribution in [0.2, 0.25) is 0 Å². The zero-order chi connectivity index (χ0) is 8.15. The lowest BCUT2D eigenvalue weighted by atomic mass is 10.2. The summed E-state index contributed by atoms with van der Waals surface area (Å²) in [6.07, 6.45) is -0.00556.